The van der Waals surface area contributed by atoms with Gasteiger partial charge in [0.2, 0.25) is 0 Å². The van der Waals surface area contributed by atoms with Gasteiger partial charge in [0.25, 0.3) is 0 Å². The first-order valence-corrected chi connectivity index (χ1v) is 7.99. The monoisotopic (exact) mass is 351 g/mol. The highest BCUT2D eigenvalue weighted by molar-refractivity contribution is 5.91. The van der Waals surface area contributed by atoms with Crippen LogP contribution in [0.3, 0.4) is 0 Å². The Morgan fingerprint density at radius 3 is 2.42 bits per heavy atom. The number of nitrogens with zero attached hydrogens (tertiary/aromatic N) is 2. The number of hydrogen-bond acceptors (Lipinski definition) is 4. The molecule has 0 spiro atoms. The second kappa shape index (κ2) is 8.11. The first-order valence-electron chi connectivity index (χ1n) is 7.99. The summed E-state index contributed by atoms with van der Waals surface area (Å²) in [6.07, 6.45) is 0.250. The standard InChI is InChI=1S/C19H18FN3.CO2/c1-12(2)23(16-6-4-5-15(20)10-16)19-13(3)17-8-7-14(11-21)9-18(17)22-19;2-1-3/h4-10,12,22H,1-3H3;. The van der Waals surface area contributed by atoms with Crippen LogP contribution in [-0.4, -0.2) is 17.2 Å². The predicted octanol–water partition coefficient (Wildman–Crippen LogP) is 4.45. The lowest BCUT2D eigenvalue weighted by molar-refractivity contribution is -0.191. The fourth-order valence-corrected chi connectivity index (χ4v) is 2.95. The van der Waals surface area contributed by atoms with Crippen LogP contribution >= 0.6 is 0 Å². The van der Waals surface area contributed by atoms with Gasteiger partial charge in [-0.3, -0.25) is 0 Å². The number of hydrogen-bond donors (Lipinski definition) is 1. The van der Waals surface area contributed by atoms with Gasteiger partial charge in [-0.1, -0.05) is 12.1 Å². The molecule has 6 heteroatoms. The molecule has 26 heavy (non-hydrogen) atoms. The Bertz CT molecular complexity index is 996. The van der Waals surface area contributed by atoms with Gasteiger partial charge in [-0.2, -0.15) is 14.9 Å². The Morgan fingerprint density at radius 1 is 1.15 bits per heavy atom. The van der Waals surface area contributed by atoms with Crippen molar-refractivity contribution in [2.24, 2.45) is 0 Å². The van der Waals surface area contributed by atoms with Gasteiger partial charge >= 0.3 is 6.15 Å². The first kappa shape index (κ1) is 18.9. The van der Waals surface area contributed by atoms with Gasteiger partial charge < -0.3 is 9.88 Å². The van der Waals surface area contributed by atoms with E-state index in [1.807, 2.05) is 31.2 Å². The zero-order chi connectivity index (χ0) is 19.3. The van der Waals surface area contributed by atoms with E-state index in [0.29, 0.717) is 5.56 Å². The fraction of sp³-hybridized carbons (Fsp3) is 0.200. The molecular weight excluding hydrogens is 333 g/mol. The van der Waals surface area contributed by atoms with Crippen LogP contribution in [0.5, 0.6) is 0 Å². The quantitative estimate of drug-likeness (QED) is 0.756. The summed E-state index contributed by atoms with van der Waals surface area (Å²) in [6.45, 7) is 6.17. The zero-order valence-electron chi connectivity index (χ0n) is 14.7. The Kier molecular flexibility index (Phi) is 5.90. The minimum Gasteiger partial charge on any atom is -0.341 e. The molecule has 0 aliphatic carbocycles. The average Bonchev–Trinajstić information content (AvgIpc) is 2.91. The molecule has 1 N–H and O–H groups in total. The molecule has 0 unspecified atom stereocenters. The number of nitriles is 1. The smallest absolute Gasteiger partial charge is 0.341 e. The van der Waals surface area contributed by atoms with Crippen molar-refractivity contribution >= 4 is 28.6 Å². The highest BCUT2D eigenvalue weighted by Crippen LogP contribution is 2.34. The van der Waals surface area contributed by atoms with Crippen LogP contribution in [0, 0.1) is 24.1 Å². The van der Waals surface area contributed by atoms with Crippen LogP contribution in [-0.2, 0) is 9.59 Å². The normalized spacial score (nSPS) is 10.0. The molecule has 0 atom stereocenters. The van der Waals surface area contributed by atoms with E-state index in [0.717, 1.165) is 28.0 Å². The summed E-state index contributed by atoms with van der Waals surface area (Å²) in [4.78, 5) is 21.7. The molecule has 5 nitrogen and oxygen atoms in total. The van der Waals surface area contributed by atoms with E-state index in [4.69, 9.17) is 14.9 Å². The van der Waals surface area contributed by atoms with Gasteiger partial charge in [0.1, 0.15) is 11.6 Å². The molecule has 0 amide bonds. The van der Waals surface area contributed by atoms with E-state index < -0.39 is 0 Å². The van der Waals surface area contributed by atoms with Crippen LogP contribution in [0.25, 0.3) is 10.9 Å². The molecule has 1 aromatic heterocycles. The second-order valence-electron chi connectivity index (χ2n) is 6.00. The van der Waals surface area contributed by atoms with Crippen molar-refractivity contribution in [1.29, 1.82) is 5.26 Å². The molecular formula is C20H18FN3O2. The van der Waals surface area contributed by atoms with E-state index in [-0.39, 0.29) is 18.0 Å². The summed E-state index contributed by atoms with van der Waals surface area (Å²) in [5, 5.41) is 10.1. The first-order chi connectivity index (χ1) is 12.4. The maximum atomic E-state index is 13.6. The van der Waals surface area contributed by atoms with Gasteiger partial charge in [-0.25, -0.2) is 4.39 Å². The van der Waals surface area contributed by atoms with Crippen LogP contribution in [0.1, 0.15) is 25.0 Å². The Hall–Kier alpha value is -3.42. The van der Waals surface area contributed by atoms with Crippen molar-refractivity contribution in [2.75, 3.05) is 4.90 Å². The molecule has 132 valence electrons. The topological polar surface area (TPSA) is 77.0 Å². The van der Waals surface area contributed by atoms with Crippen molar-refractivity contribution < 1.29 is 14.0 Å². The summed E-state index contributed by atoms with van der Waals surface area (Å²) in [7, 11) is 0. The molecule has 3 rings (SSSR count). The lowest BCUT2D eigenvalue weighted by Gasteiger charge is -2.28. The van der Waals surface area contributed by atoms with Crippen LogP contribution < -0.4 is 4.90 Å². The zero-order valence-corrected chi connectivity index (χ0v) is 14.7. The summed E-state index contributed by atoms with van der Waals surface area (Å²) in [5.41, 5.74) is 3.42. The van der Waals surface area contributed by atoms with E-state index >= 15 is 0 Å². The lowest BCUT2D eigenvalue weighted by atomic mass is 10.1. The number of H-pyrrole nitrogens is 1. The molecule has 0 fully saturated rings. The number of aromatic amines is 1. The maximum absolute atomic E-state index is 13.6. The van der Waals surface area contributed by atoms with E-state index in [2.05, 4.69) is 29.8 Å². The van der Waals surface area contributed by atoms with Crippen molar-refractivity contribution in [3.63, 3.8) is 0 Å². The summed E-state index contributed by atoms with van der Waals surface area (Å²) < 4.78 is 13.6. The number of aromatic nitrogens is 1. The van der Waals surface area contributed by atoms with Crippen molar-refractivity contribution in [2.45, 2.75) is 26.8 Å². The van der Waals surface area contributed by atoms with Crippen molar-refractivity contribution in [3.05, 3.63) is 59.4 Å². The van der Waals surface area contributed by atoms with E-state index in [1.165, 1.54) is 12.1 Å². The number of aryl methyl sites for hydroxylation is 1. The molecule has 0 saturated carbocycles. The molecule has 0 radical (unpaired) electrons. The number of carbonyl (C=O) groups excluding carboxylic acids is 2. The SMILES string of the molecule is Cc1c(N(c2cccc(F)c2)C(C)C)[nH]c2cc(C#N)ccc12.O=C=O. The second-order valence-corrected chi connectivity index (χ2v) is 6.00. The summed E-state index contributed by atoms with van der Waals surface area (Å²) in [6, 6.07) is 14.5. The average molecular weight is 351 g/mol. The van der Waals surface area contributed by atoms with Gasteiger partial charge in [0, 0.05) is 22.6 Å². The Balaban J connectivity index is 0.000000758. The number of benzene rings is 2. The van der Waals surface area contributed by atoms with Crippen molar-refractivity contribution in [1.82, 2.24) is 4.98 Å². The fourth-order valence-electron chi connectivity index (χ4n) is 2.95. The summed E-state index contributed by atoms with van der Waals surface area (Å²) >= 11 is 0. The maximum Gasteiger partial charge on any atom is 0.373 e. The molecule has 2 aromatic carbocycles. The highest BCUT2D eigenvalue weighted by Gasteiger charge is 2.19. The van der Waals surface area contributed by atoms with E-state index in [1.54, 1.807) is 6.07 Å². The van der Waals surface area contributed by atoms with Crippen LogP contribution in [0.2, 0.25) is 0 Å². The number of anilines is 2. The van der Waals surface area contributed by atoms with Crippen LogP contribution in [0.4, 0.5) is 15.9 Å². The Labute approximate surface area is 150 Å². The third-order valence-electron chi connectivity index (χ3n) is 4.00. The van der Waals surface area contributed by atoms with Gasteiger partial charge in [-0.05, 0) is 56.7 Å². The largest absolute Gasteiger partial charge is 0.373 e. The molecule has 0 aliphatic rings. The van der Waals surface area contributed by atoms with Gasteiger partial charge in [0.15, 0.2) is 0 Å². The van der Waals surface area contributed by atoms with Crippen LogP contribution in [0.15, 0.2) is 42.5 Å². The predicted molar refractivity (Wildman–Crippen MR) is 96.4 cm³/mol. The third-order valence-corrected chi connectivity index (χ3v) is 4.00. The third kappa shape index (κ3) is 3.80. The van der Waals surface area contributed by atoms with E-state index in [9.17, 15) is 4.39 Å². The number of rotatable bonds is 3. The van der Waals surface area contributed by atoms with Crippen molar-refractivity contribution in [3.8, 4) is 6.07 Å². The molecule has 0 aliphatic heterocycles. The molecule has 3 aromatic rings. The number of nitrogens with one attached hydrogen (secondary N) is 1. The minimum atomic E-state index is -0.256. The van der Waals surface area contributed by atoms with Gasteiger partial charge in [0.05, 0.1) is 11.6 Å². The molecule has 0 saturated heterocycles. The lowest BCUT2D eigenvalue weighted by Crippen LogP contribution is -2.26. The molecule has 1 heterocycles. The summed E-state index contributed by atoms with van der Waals surface area (Å²) in [5.74, 6) is 0.671. The van der Waals surface area contributed by atoms with Gasteiger partial charge in [-0.15, -0.1) is 0 Å². The minimum absolute atomic E-state index is 0.152. The Morgan fingerprint density at radius 2 is 1.85 bits per heavy atom. The highest BCUT2D eigenvalue weighted by atomic mass is 19.1. The number of fused-ring (bicyclic) bond motifs is 1. The number of halogens is 1. The molecule has 0 bridgehead atoms.